The Bertz CT molecular complexity index is 546. The highest BCUT2D eigenvalue weighted by molar-refractivity contribution is 14.1. The zero-order chi connectivity index (χ0) is 12.7. The number of likely N-dealkylation sites (N-methyl/N-ethyl adjacent to an activating group) is 1. The van der Waals surface area contributed by atoms with Gasteiger partial charge in [0.15, 0.2) is 0 Å². The van der Waals surface area contributed by atoms with E-state index in [2.05, 4.69) is 14.8 Å². The molecule has 92 valence electrons. The minimum Gasteiger partial charge on any atom is -0.322 e. The molecule has 1 saturated heterocycles. The van der Waals surface area contributed by atoms with Crippen molar-refractivity contribution in [1.29, 1.82) is 0 Å². The first-order valence-electron chi connectivity index (χ1n) is 5.86. The monoisotopic (exact) mass is 353 g/mol. The average Bonchev–Trinajstić information content (AvgIpc) is 2.50. The van der Waals surface area contributed by atoms with Crippen molar-refractivity contribution in [2.45, 2.75) is 24.9 Å². The maximum absolute atomic E-state index is 12.2. The second kappa shape index (κ2) is 4.43. The Labute approximate surface area is 120 Å². The largest absolute Gasteiger partial charge is 0.326 e. The number of pyridine rings is 1. The van der Waals surface area contributed by atoms with Gasteiger partial charge < -0.3 is 4.90 Å². The van der Waals surface area contributed by atoms with Gasteiger partial charge in [-0.1, -0.05) is 5.92 Å². The minimum atomic E-state index is 0.0581. The molecule has 0 radical (unpaired) electrons. The summed E-state index contributed by atoms with van der Waals surface area (Å²) in [5.41, 5.74) is 0.873. The van der Waals surface area contributed by atoms with Crippen LogP contribution in [0.25, 0.3) is 0 Å². The highest BCUT2D eigenvalue weighted by atomic mass is 127. The summed E-state index contributed by atoms with van der Waals surface area (Å²) in [7, 11) is 1.87. The molecule has 1 aromatic rings. The number of urea groups is 1. The number of aromatic nitrogens is 1. The summed E-state index contributed by atoms with van der Waals surface area (Å²) >= 11 is 2.00. The molecular weight excluding hydrogens is 341 g/mol. The van der Waals surface area contributed by atoms with Crippen molar-refractivity contribution in [2.24, 2.45) is 0 Å². The number of rotatable bonds is 1. The molecule has 1 aliphatic heterocycles. The first-order chi connectivity index (χ1) is 8.72. The third kappa shape index (κ3) is 1.67. The zero-order valence-corrected chi connectivity index (χ0v) is 12.1. The van der Waals surface area contributed by atoms with Crippen LogP contribution in [-0.2, 0) is 0 Å². The van der Waals surface area contributed by atoms with Gasteiger partial charge in [-0.2, -0.15) is 0 Å². The first-order valence-corrected chi connectivity index (χ1v) is 6.94. The summed E-state index contributed by atoms with van der Waals surface area (Å²) in [6.07, 6.45) is 3.89. The fourth-order valence-electron chi connectivity index (χ4n) is 2.60. The van der Waals surface area contributed by atoms with E-state index < -0.39 is 0 Å². The molecule has 18 heavy (non-hydrogen) atoms. The average molecular weight is 353 g/mol. The number of amides is 2. The molecule has 4 nitrogen and oxygen atoms in total. The number of hydrogen-bond acceptors (Lipinski definition) is 2. The van der Waals surface area contributed by atoms with Crippen LogP contribution in [-0.4, -0.2) is 35.0 Å². The summed E-state index contributed by atoms with van der Waals surface area (Å²) in [6.45, 7) is 0. The van der Waals surface area contributed by atoms with Gasteiger partial charge in [-0.25, -0.2) is 9.78 Å². The minimum absolute atomic E-state index is 0.0581. The number of halogens is 1. The van der Waals surface area contributed by atoms with Crippen LogP contribution in [0, 0.1) is 9.85 Å². The number of nitrogens with zero attached hydrogens (tertiary/aromatic N) is 3. The molecule has 0 N–H and O–H groups in total. The Hall–Kier alpha value is -1.29. The van der Waals surface area contributed by atoms with Crippen molar-refractivity contribution in [1.82, 2.24) is 9.88 Å². The van der Waals surface area contributed by atoms with Crippen molar-refractivity contribution in [2.75, 3.05) is 11.9 Å². The predicted molar refractivity (Wildman–Crippen MR) is 77.6 cm³/mol. The molecule has 2 fully saturated rings. The van der Waals surface area contributed by atoms with Crippen molar-refractivity contribution in [3.8, 4) is 9.85 Å². The maximum atomic E-state index is 12.2. The fourth-order valence-corrected chi connectivity index (χ4v) is 2.91. The normalized spacial score (nSPS) is 25.3. The second-order valence-electron chi connectivity index (χ2n) is 4.60. The number of fused-ring (bicyclic) bond motifs is 1. The molecule has 1 aromatic heterocycles. The SMILES string of the molecule is CN1C(=O)N(c2ccc(C#CI)cn2)[C@@H]2CC[C@@H]21. The number of carbonyl (C=O) groups excluding carboxylic acids is 1. The molecule has 2 aliphatic rings. The summed E-state index contributed by atoms with van der Waals surface area (Å²) < 4.78 is 2.81. The zero-order valence-electron chi connectivity index (χ0n) is 9.93. The molecule has 2 heterocycles. The van der Waals surface area contributed by atoms with Gasteiger partial charge in [0.2, 0.25) is 0 Å². The third-order valence-electron chi connectivity index (χ3n) is 3.73. The van der Waals surface area contributed by atoms with E-state index in [0.717, 1.165) is 24.2 Å². The van der Waals surface area contributed by atoms with E-state index in [1.165, 1.54) is 0 Å². The van der Waals surface area contributed by atoms with Gasteiger partial charge in [0, 0.05) is 41.4 Å². The topological polar surface area (TPSA) is 36.4 Å². The van der Waals surface area contributed by atoms with E-state index in [0.29, 0.717) is 12.1 Å². The van der Waals surface area contributed by atoms with Gasteiger partial charge in [0.1, 0.15) is 5.82 Å². The van der Waals surface area contributed by atoms with E-state index in [-0.39, 0.29) is 6.03 Å². The Morgan fingerprint density at radius 3 is 2.67 bits per heavy atom. The van der Waals surface area contributed by atoms with Crippen LogP contribution in [0.5, 0.6) is 0 Å². The van der Waals surface area contributed by atoms with E-state index in [4.69, 9.17) is 0 Å². The van der Waals surface area contributed by atoms with E-state index >= 15 is 0 Å². The summed E-state index contributed by atoms with van der Waals surface area (Å²) in [4.78, 5) is 20.2. The Balaban J connectivity index is 1.90. The van der Waals surface area contributed by atoms with Gasteiger partial charge in [-0.3, -0.25) is 4.90 Å². The van der Waals surface area contributed by atoms with Gasteiger partial charge in [0.05, 0.1) is 12.1 Å². The van der Waals surface area contributed by atoms with Gasteiger partial charge in [-0.15, -0.1) is 0 Å². The lowest BCUT2D eigenvalue weighted by Gasteiger charge is -2.35. The number of anilines is 1. The molecule has 2 atom stereocenters. The van der Waals surface area contributed by atoms with Crippen molar-refractivity contribution < 1.29 is 4.79 Å². The fraction of sp³-hybridized carbons (Fsp3) is 0.385. The highest BCUT2D eigenvalue weighted by Gasteiger charge is 2.50. The Morgan fingerprint density at radius 2 is 2.17 bits per heavy atom. The lowest BCUT2D eigenvalue weighted by molar-refractivity contribution is 0.196. The molecule has 2 amide bonds. The first kappa shape index (κ1) is 11.8. The standard InChI is InChI=1S/C13H12IN3O/c1-16-10-3-4-11(10)17(13(16)18)12-5-2-9(6-7-14)8-15-12/h2,5,8,10-11H,3-4H2,1H3/t10-,11+/m0/s1. The van der Waals surface area contributed by atoms with E-state index in [1.807, 2.05) is 51.6 Å². The number of carbonyl (C=O) groups is 1. The Morgan fingerprint density at radius 1 is 1.39 bits per heavy atom. The van der Waals surface area contributed by atoms with E-state index in [9.17, 15) is 4.79 Å². The quantitative estimate of drug-likeness (QED) is 0.574. The molecule has 0 spiro atoms. The number of hydrogen-bond donors (Lipinski definition) is 0. The smallest absolute Gasteiger partial charge is 0.322 e. The van der Waals surface area contributed by atoms with Crippen molar-refractivity contribution in [3.05, 3.63) is 23.9 Å². The highest BCUT2D eigenvalue weighted by Crippen LogP contribution is 2.38. The van der Waals surface area contributed by atoms with Crippen LogP contribution < -0.4 is 4.90 Å². The lowest BCUT2D eigenvalue weighted by Crippen LogP contribution is -2.45. The second-order valence-corrected chi connectivity index (χ2v) is 5.14. The van der Waals surface area contributed by atoms with Gasteiger partial charge >= 0.3 is 6.03 Å². The van der Waals surface area contributed by atoms with Crippen LogP contribution in [0.4, 0.5) is 10.6 Å². The van der Waals surface area contributed by atoms with Gasteiger partial charge in [-0.05, 0) is 28.9 Å². The lowest BCUT2D eigenvalue weighted by atomic mass is 9.86. The predicted octanol–water partition coefficient (Wildman–Crippen LogP) is 2.23. The molecule has 1 saturated carbocycles. The van der Waals surface area contributed by atoms with Crippen LogP contribution in [0.3, 0.4) is 0 Å². The summed E-state index contributed by atoms with van der Waals surface area (Å²) in [5.74, 6) is 3.67. The van der Waals surface area contributed by atoms with Crippen LogP contribution >= 0.6 is 22.6 Å². The van der Waals surface area contributed by atoms with Crippen LogP contribution in [0.2, 0.25) is 0 Å². The molecule has 0 aromatic carbocycles. The van der Waals surface area contributed by atoms with Crippen LogP contribution in [0.1, 0.15) is 18.4 Å². The molecule has 1 aliphatic carbocycles. The summed E-state index contributed by atoms with van der Waals surface area (Å²) in [6, 6.07) is 4.52. The Kier molecular flexibility index (Phi) is 2.90. The van der Waals surface area contributed by atoms with Crippen molar-refractivity contribution >= 4 is 34.4 Å². The van der Waals surface area contributed by atoms with E-state index in [1.54, 1.807) is 6.20 Å². The van der Waals surface area contributed by atoms with Gasteiger partial charge in [0.25, 0.3) is 0 Å². The molecule has 5 heteroatoms. The maximum Gasteiger partial charge on any atom is 0.326 e. The molecular formula is C13H12IN3O. The third-order valence-corrected chi connectivity index (χ3v) is 4.00. The molecule has 0 unspecified atom stereocenters. The molecule has 3 rings (SSSR count). The summed E-state index contributed by atoms with van der Waals surface area (Å²) in [5, 5.41) is 0. The van der Waals surface area contributed by atoms with Crippen LogP contribution in [0.15, 0.2) is 18.3 Å². The molecule has 0 bridgehead atoms. The van der Waals surface area contributed by atoms with Crippen molar-refractivity contribution in [3.63, 3.8) is 0 Å².